The molecule has 164 valence electrons. The number of halogens is 3. The van der Waals surface area contributed by atoms with Gasteiger partial charge in [-0.1, -0.05) is 23.4 Å². The molecule has 0 unspecified atom stereocenters. The summed E-state index contributed by atoms with van der Waals surface area (Å²) in [5.74, 6) is 0.380. The number of aryl methyl sites for hydroxylation is 1. The van der Waals surface area contributed by atoms with Crippen LogP contribution in [-0.4, -0.2) is 41.1 Å². The molecular formula is C22H22F3N3O3. The third kappa shape index (κ3) is 4.22. The second kappa shape index (κ2) is 8.20. The number of benzene rings is 1. The summed E-state index contributed by atoms with van der Waals surface area (Å²) in [6, 6.07) is 8.36. The first kappa shape index (κ1) is 21.1. The van der Waals surface area contributed by atoms with Crippen LogP contribution >= 0.6 is 0 Å². The highest BCUT2D eigenvalue weighted by Gasteiger charge is 2.37. The molecule has 0 bridgehead atoms. The lowest BCUT2D eigenvalue weighted by atomic mass is 9.90. The third-order valence-electron chi connectivity index (χ3n) is 5.67. The van der Waals surface area contributed by atoms with Crippen LogP contribution in [0.15, 0.2) is 34.9 Å². The Balaban J connectivity index is 1.50. The number of nitrogens with zero attached hydrogens (tertiary/aromatic N) is 3. The van der Waals surface area contributed by atoms with Gasteiger partial charge in [0, 0.05) is 30.3 Å². The second-order valence-electron chi connectivity index (χ2n) is 7.70. The Hall–Kier alpha value is -3.10. The van der Waals surface area contributed by atoms with Crippen LogP contribution in [0, 0.1) is 6.92 Å². The Bertz CT molecular complexity index is 1100. The average molecular weight is 433 g/mol. The number of hydrogen-bond donors (Lipinski definition) is 0. The van der Waals surface area contributed by atoms with E-state index in [2.05, 4.69) is 10.1 Å². The molecule has 1 aliphatic rings. The summed E-state index contributed by atoms with van der Waals surface area (Å²) in [5.41, 5.74) is 0.416. The zero-order chi connectivity index (χ0) is 22.2. The fraction of sp³-hybridized carbons (Fsp3) is 0.409. The first-order valence-corrected chi connectivity index (χ1v) is 10.0. The smallest absolute Gasteiger partial charge is 0.417 e. The van der Waals surface area contributed by atoms with Gasteiger partial charge >= 0.3 is 6.18 Å². The van der Waals surface area contributed by atoms with Crippen LogP contribution < -0.4 is 4.74 Å². The molecular weight excluding hydrogens is 411 g/mol. The molecule has 0 atom stereocenters. The highest BCUT2D eigenvalue weighted by atomic mass is 19.4. The van der Waals surface area contributed by atoms with Gasteiger partial charge in [-0.15, -0.1) is 0 Å². The largest absolute Gasteiger partial charge is 0.496 e. The number of carbonyl (C=O) groups is 1. The molecule has 3 heterocycles. The molecule has 1 aliphatic heterocycles. The maximum absolute atomic E-state index is 13.6. The van der Waals surface area contributed by atoms with Crippen LogP contribution in [0.3, 0.4) is 0 Å². The van der Waals surface area contributed by atoms with Crippen molar-refractivity contribution < 1.29 is 27.2 Å². The van der Waals surface area contributed by atoms with E-state index in [-0.39, 0.29) is 40.7 Å². The number of aromatic nitrogens is 2. The summed E-state index contributed by atoms with van der Waals surface area (Å²) in [7, 11) is 1.56. The van der Waals surface area contributed by atoms with Gasteiger partial charge in [-0.05, 0) is 31.9 Å². The van der Waals surface area contributed by atoms with E-state index in [1.807, 2.05) is 18.2 Å². The minimum absolute atomic E-state index is 0.0405. The molecule has 1 aromatic carbocycles. The van der Waals surface area contributed by atoms with E-state index in [1.54, 1.807) is 18.1 Å². The Morgan fingerprint density at radius 2 is 1.97 bits per heavy atom. The minimum atomic E-state index is -4.53. The van der Waals surface area contributed by atoms with Gasteiger partial charge in [-0.3, -0.25) is 4.79 Å². The molecule has 0 spiro atoms. The van der Waals surface area contributed by atoms with Crippen LogP contribution in [0.5, 0.6) is 5.75 Å². The number of fused-ring (bicyclic) bond motifs is 1. The number of ether oxygens (including phenoxy) is 1. The number of amides is 1. The van der Waals surface area contributed by atoms with Crippen LogP contribution in [-0.2, 0) is 17.4 Å². The van der Waals surface area contributed by atoms with E-state index < -0.39 is 11.7 Å². The molecule has 0 saturated carbocycles. The number of pyridine rings is 1. The van der Waals surface area contributed by atoms with Gasteiger partial charge in [-0.25, -0.2) is 4.98 Å². The van der Waals surface area contributed by atoms with Crippen molar-refractivity contribution in [1.82, 2.24) is 15.0 Å². The zero-order valence-corrected chi connectivity index (χ0v) is 17.2. The summed E-state index contributed by atoms with van der Waals surface area (Å²) in [6.07, 6.45) is -3.31. The topological polar surface area (TPSA) is 68.5 Å². The summed E-state index contributed by atoms with van der Waals surface area (Å²) in [4.78, 5) is 18.5. The van der Waals surface area contributed by atoms with E-state index >= 15 is 0 Å². The molecule has 1 fully saturated rings. The van der Waals surface area contributed by atoms with Gasteiger partial charge < -0.3 is 14.2 Å². The molecule has 31 heavy (non-hydrogen) atoms. The van der Waals surface area contributed by atoms with Crippen LogP contribution in [0.4, 0.5) is 13.2 Å². The van der Waals surface area contributed by atoms with Crippen LogP contribution in [0.1, 0.15) is 41.3 Å². The third-order valence-corrected chi connectivity index (χ3v) is 5.67. The SMILES string of the molecule is COc1ccccc1CC(=O)N1CCC(c2noc3nc(C)cc(C(F)(F)F)c23)CC1. The predicted molar refractivity (Wildman–Crippen MR) is 107 cm³/mol. The number of alkyl halides is 3. The maximum Gasteiger partial charge on any atom is 0.417 e. The Kier molecular flexibility index (Phi) is 5.60. The van der Waals surface area contributed by atoms with Crippen molar-refractivity contribution in [3.8, 4) is 5.75 Å². The number of carbonyl (C=O) groups excluding carboxylic acids is 1. The molecule has 6 nitrogen and oxygen atoms in total. The monoisotopic (exact) mass is 433 g/mol. The van der Waals surface area contributed by atoms with Gasteiger partial charge in [-0.2, -0.15) is 13.2 Å². The van der Waals surface area contributed by atoms with Crippen LogP contribution in [0.2, 0.25) is 0 Å². The van der Waals surface area contributed by atoms with Crippen molar-refractivity contribution in [1.29, 1.82) is 0 Å². The molecule has 2 aromatic heterocycles. The lowest BCUT2D eigenvalue weighted by Gasteiger charge is -2.31. The van der Waals surface area contributed by atoms with E-state index in [4.69, 9.17) is 9.26 Å². The number of para-hydroxylation sites is 1. The first-order valence-electron chi connectivity index (χ1n) is 10.0. The molecule has 0 radical (unpaired) electrons. The molecule has 4 rings (SSSR count). The van der Waals surface area contributed by atoms with Gasteiger partial charge in [0.1, 0.15) is 5.75 Å². The number of piperidine rings is 1. The van der Waals surface area contributed by atoms with Crippen molar-refractivity contribution in [2.24, 2.45) is 0 Å². The van der Waals surface area contributed by atoms with Crippen molar-refractivity contribution in [3.05, 3.63) is 52.8 Å². The van der Waals surface area contributed by atoms with E-state index in [0.717, 1.165) is 11.6 Å². The molecule has 1 saturated heterocycles. The van der Waals surface area contributed by atoms with Crippen LogP contribution in [0.25, 0.3) is 11.1 Å². The second-order valence-corrected chi connectivity index (χ2v) is 7.70. The number of rotatable bonds is 4. The van der Waals surface area contributed by atoms with Crippen molar-refractivity contribution in [3.63, 3.8) is 0 Å². The Morgan fingerprint density at radius 1 is 1.26 bits per heavy atom. The number of hydrogen-bond acceptors (Lipinski definition) is 5. The van der Waals surface area contributed by atoms with Gasteiger partial charge in [0.2, 0.25) is 5.91 Å². The number of methoxy groups -OCH3 is 1. The van der Waals surface area contributed by atoms with Crippen molar-refractivity contribution in [2.75, 3.05) is 20.2 Å². The van der Waals surface area contributed by atoms with Gasteiger partial charge in [0.25, 0.3) is 5.71 Å². The van der Waals surface area contributed by atoms with Crippen molar-refractivity contribution >= 4 is 17.0 Å². The van der Waals surface area contributed by atoms with E-state index in [0.29, 0.717) is 31.7 Å². The van der Waals surface area contributed by atoms with Crippen molar-refractivity contribution in [2.45, 2.75) is 38.3 Å². The fourth-order valence-corrected chi connectivity index (χ4v) is 4.12. The molecule has 1 amide bonds. The average Bonchev–Trinajstić information content (AvgIpc) is 3.16. The van der Waals surface area contributed by atoms with Gasteiger partial charge in [0.05, 0.1) is 30.2 Å². The standard InChI is InChI=1S/C22H22F3N3O3/c1-13-11-16(22(23,24)25)19-20(27-31-21(19)26-13)14-7-9-28(10-8-14)18(29)12-15-5-3-4-6-17(15)30-2/h3-6,11,14H,7-10,12H2,1-2H3. The van der Waals surface area contributed by atoms with Gasteiger partial charge in [0.15, 0.2) is 0 Å². The maximum atomic E-state index is 13.6. The van der Waals surface area contributed by atoms with E-state index in [1.165, 1.54) is 6.92 Å². The molecule has 0 aliphatic carbocycles. The Labute approximate surface area is 177 Å². The summed E-state index contributed by atoms with van der Waals surface area (Å²) >= 11 is 0. The highest BCUT2D eigenvalue weighted by Crippen LogP contribution is 2.40. The lowest BCUT2D eigenvalue weighted by Crippen LogP contribution is -2.39. The summed E-state index contributed by atoms with van der Waals surface area (Å²) < 4.78 is 51.2. The highest BCUT2D eigenvalue weighted by molar-refractivity contribution is 5.82. The predicted octanol–water partition coefficient (Wildman–Crippen LogP) is 4.51. The first-order chi connectivity index (χ1) is 14.8. The zero-order valence-electron chi connectivity index (χ0n) is 17.2. The fourth-order valence-electron chi connectivity index (χ4n) is 4.12. The molecule has 9 heteroatoms. The quantitative estimate of drug-likeness (QED) is 0.606. The summed E-state index contributed by atoms with van der Waals surface area (Å²) in [5, 5.41) is 3.86. The Morgan fingerprint density at radius 3 is 2.65 bits per heavy atom. The number of likely N-dealkylation sites (tertiary alicyclic amines) is 1. The lowest BCUT2D eigenvalue weighted by molar-refractivity contribution is -0.136. The molecule has 0 N–H and O–H groups in total. The normalized spacial score (nSPS) is 15.5. The minimum Gasteiger partial charge on any atom is -0.496 e. The summed E-state index contributed by atoms with van der Waals surface area (Å²) in [6.45, 7) is 2.37. The van der Waals surface area contributed by atoms with E-state index in [9.17, 15) is 18.0 Å². The molecule has 3 aromatic rings.